The summed E-state index contributed by atoms with van der Waals surface area (Å²) in [4.78, 5) is 0. The third-order valence-corrected chi connectivity index (χ3v) is 3.20. The van der Waals surface area contributed by atoms with Crippen molar-refractivity contribution in [2.24, 2.45) is 0 Å². The van der Waals surface area contributed by atoms with Crippen molar-refractivity contribution in [3.8, 4) is 5.75 Å². The minimum atomic E-state index is -0.837. The Hall–Kier alpha value is -1.94. The molecule has 4 heteroatoms. The number of nitrogens with one attached hydrogen (secondary N) is 1. The van der Waals surface area contributed by atoms with Crippen molar-refractivity contribution < 1.29 is 13.5 Å². The van der Waals surface area contributed by atoms with Gasteiger partial charge in [-0.05, 0) is 37.2 Å². The van der Waals surface area contributed by atoms with Crippen molar-refractivity contribution in [3.63, 3.8) is 0 Å². The molecule has 0 saturated heterocycles. The molecule has 1 atom stereocenters. The van der Waals surface area contributed by atoms with Gasteiger partial charge in [-0.1, -0.05) is 31.2 Å². The Kier molecular flexibility index (Phi) is 5.28. The maximum absolute atomic E-state index is 14.1. The van der Waals surface area contributed by atoms with Crippen molar-refractivity contribution in [2.75, 3.05) is 13.2 Å². The number of halogens is 2. The van der Waals surface area contributed by atoms with E-state index in [0.717, 1.165) is 17.4 Å². The van der Waals surface area contributed by atoms with Gasteiger partial charge in [0.25, 0.3) is 0 Å². The molecule has 0 saturated carbocycles. The highest BCUT2D eigenvalue weighted by molar-refractivity contribution is 5.37. The van der Waals surface area contributed by atoms with E-state index in [4.69, 9.17) is 4.74 Å². The highest BCUT2D eigenvalue weighted by Crippen LogP contribution is 2.28. The Balaban J connectivity index is 2.43. The Morgan fingerprint density at radius 2 is 1.86 bits per heavy atom. The lowest BCUT2D eigenvalue weighted by Crippen LogP contribution is -2.23. The van der Waals surface area contributed by atoms with Gasteiger partial charge in [0.15, 0.2) is 11.6 Å². The van der Waals surface area contributed by atoms with Crippen molar-refractivity contribution in [2.45, 2.75) is 19.9 Å². The number of rotatable bonds is 6. The molecule has 0 radical (unpaired) electrons. The van der Waals surface area contributed by atoms with Crippen LogP contribution in [0.15, 0.2) is 42.5 Å². The van der Waals surface area contributed by atoms with E-state index in [1.54, 1.807) is 6.07 Å². The summed E-state index contributed by atoms with van der Waals surface area (Å²) in [5, 5.41) is 3.19. The van der Waals surface area contributed by atoms with E-state index in [1.165, 1.54) is 6.07 Å². The summed E-state index contributed by atoms with van der Waals surface area (Å²) in [7, 11) is 0. The van der Waals surface area contributed by atoms with Crippen LogP contribution in [0.1, 0.15) is 31.0 Å². The van der Waals surface area contributed by atoms with Gasteiger partial charge in [-0.3, -0.25) is 0 Å². The third-order valence-electron chi connectivity index (χ3n) is 3.20. The molecule has 0 fully saturated rings. The van der Waals surface area contributed by atoms with Crippen LogP contribution < -0.4 is 10.1 Å². The first-order valence-electron chi connectivity index (χ1n) is 7.07. The number of ether oxygens (including phenoxy) is 1. The van der Waals surface area contributed by atoms with Gasteiger partial charge in [-0.2, -0.15) is 0 Å². The molecule has 2 nitrogen and oxygen atoms in total. The van der Waals surface area contributed by atoms with Gasteiger partial charge in [0.05, 0.1) is 12.6 Å². The van der Waals surface area contributed by atoms with Crippen molar-refractivity contribution in [1.29, 1.82) is 0 Å². The molecule has 0 amide bonds. The van der Waals surface area contributed by atoms with E-state index in [9.17, 15) is 8.78 Å². The van der Waals surface area contributed by atoms with Crippen LogP contribution in [0.2, 0.25) is 0 Å². The zero-order valence-corrected chi connectivity index (χ0v) is 12.2. The first-order chi connectivity index (χ1) is 10.2. The van der Waals surface area contributed by atoms with Crippen LogP contribution >= 0.6 is 0 Å². The van der Waals surface area contributed by atoms with Crippen molar-refractivity contribution >= 4 is 0 Å². The molecule has 2 rings (SSSR count). The molecular weight excluding hydrogens is 272 g/mol. The summed E-state index contributed by atoms with van der Waals surface area (Å²) in [6.45, 7) is 5.03. The highest BCUT2D eigenvalue weighted by atomic mass is 19.2. The molecule has 0 aliphatic carbocycles. The van der Waals surface area contributed by atoms with E-state index in [1.807, 2.05) is 38.1 Å². The Labute approximate surface area is 123 Å². The van der Waals surface area contributed by atoms with E-state index in [2.05, 4.69) is 5.32 Å². The average Bonchev–Trinajstić information content (AvgIpc) is 2.49. The lowest BCUT2D eigenvalue weighted by Gasteiger charge is -2.20. The van der Waals surface area contributed by atoms with Crippen LogP contribution in [0.4, 0.5) is 8.78 Å². The Morgan fingerprint density at radius 1 is 1.10 bits per heavy atom. The van der Waals surface area contributed by atoms with E-state index in [-0.39, 0.29) is 0 Å². The van der Waals surface area contributed by atoms with Gasteiger partial charge < -0.3 is 10.1 Å². The lowest BCUT2D eigenvalue weighted by molar-refractivity contribution is 0.339. The molecule has 0 aromatic heterocycles. The third kappa shape index (κ3) is 3.58. The van der Waals surface area contributed by atoms with Crippen molar-refractivity contribution in [1.82, 2.24) is 5.32 Å². The minimum absolute atomic E-state index is 0.297. The van der Waals surface area contributed by atoms with Crippen LogP contribution in [0.5, 0.6) is 5.75 Å². The standard InChI is InChI=1S/C17H19F2NO/c1-3-20-17(14-9-6-10-15(18)16(14)19)12-7-5-8-13(11-12)21-4-2/h5-11,17,20H,3-4H2,1-2H3. The summed E-state index contributed by atoms with van der Waals surface area (Å²) in [6, 6.07) is 11.2. The monoisotopic (exact) mass is 291 g/mol. The average molecular weight is 291 g/mol. The fourth-order valence-electron chi connectivity index (χ4n) is 2.31. The van der Waals surface area contributed by atoms with Gasteiger partial charge in [-0.15, -0.1) is 0 Å². The first kappa shape index (κ1) is 15.4. The van der Waals surface area contributed by atoms with Crippen LogP contribution in [0.25, 0.3) is 0 Å². The molecule has 0 spiro atoms. The molecular formula is C17H19F2NO. The second-order valence-electron chi connectivity index (χ2n) is 4.64. The Bertz CT molecular complexity index is 601. The molecule has 2 aromatic rings. The molecule has 21 heavy (non-hydrogen) atoms. The fourth-order valence-corrected chi connectivity index (χ4v) is 2.31. The zero-order valence-electron chi connectivity index (χ0n) is 12.2. The predicted molar refractivity (Wildman–Crippen MR) is 79.5 cm³/mol. The van der Waals surface area contributed by atoms with E-state index < -0.39 is 17.7 Å². The van der Waals surface area contributed by atoms with Crippen LogP contribution in [0, 0.1) is 11.6 Å². The van der Waals surface area contributed by atoms with Crippen LogP contribution in [-0.2, 0) is 0 Å². The zero-order chi connectivity index (χ0) is 15.2. The highest BCUT2D eigenvalue weighted by Gasteiger charge is 2.19. The van der Waals surface area contributed by atoms with Gasteiger partial charge in [-0.25, -0.2) is 8.78 Å². The molecule has 0 aliphatic heterocycles. The SMILES string of the molecule is CCNC(c1cccc(OCC)c1)c1cccc(F)c1F. The van der Waals surface area contributed by atoms with Crippen LogP contribution in [0.3, 0.4) is 0 Å². The Morgan fingerprint density at radius 3 is 2.57 bits per heavy atom. The summed E-state index contributed by atoms with van der Waals surface area (Å²) in [6.07, 6.45) is 0. The van der Waals surface area contributed by atoms with Crippen LogP contribution in [-0.4, -0.2) is 13.2 Å². The molecule has 1 unspecified atom stereocenters. The summed E-state index contributed by atoms with van der Waals surface area (Å²) in [5.41, 5.74) is 1.14. The van der Waals surface area contributed by atoms with Gasteiger partial charge in [0, 0.05) is 5.56 Å². The molecule has 1 N–H and O–H groups in total. The molecule has 0 aliphatic rings. The smallest absolute Gasteiger partial charge is 0.163 e. The van der Waals surface area contributed by atoms with Gasteiger partial charge in [0.2, 0.25) is 0 Å². The fraction of sp³-hybridized carbons (Fsp3) is 0.294. The molecule has 112 valence electrons. The largest absolute Gasteiger partial charge is 0.494 e. The first-order valence-corrected chi connectivity index (χ1v) is 7.07. The predicted octanol–water partition coefficient (Wildman–Crippen LogP) is 4.06. The van der Waals surface area contributed by atoms with Gasteiger partial charge in [0.1, 0.15) is 5.75 Å². The maximum atomic E-state index is 14.1. The molecule has 2 aromatic carbocycles. The van der Waals surface area contributed by atoms with E-state index >= 15 is 0 Å². The number of hydrogen-bond acceptors (Lipinski definition) is 2. The summed E-state index contributed by atoms with van der Waals surface area (Å²) >= 11 is 0. The minimum Gasteiger partial charge on any atom is -0.494 e. The molecule has 0 bridgehead atoms. The number of benzene rings is 2. The summed E-state index contributed by atoms with van der Waals surface area (Å²) < 4.78 is 33.0. The quantitative estimate of drug-likeness (QED) is 0.866. The van der Waals surface area contributed by atoms with Crippen molar-refractivity contribution in [3.05, 3.63) is 65.2 Å². The topological polar surface area (TPSA) is 21.3 Å². The second-order valence-corrected chi connectivity index (χ2v) is 4.64. The maximum Gasteiger partial charge on any atom is 0.163 e. The van der Waals surface area contributed by atoms with Gasteiger partial charge >= 0.3 is 0 Å². The van der Waals surface area contributed by atoms with E-state index in [0.29, 0.717) is 18.7 Å². The molecule has 0 heterocycles. The normalized spacial score (nSPS) is 12.2. The number of hydrogen-bond donors (Lipinski definition) is 1. The summed E-state index contributed by atoms with van der Waals surface area (Å²) in [5.74, 6) is -0.934. The second kappa shape index (κ2) is 7.18. The lowest BCUT2D eigenvalue weighted by atomic mass is 9.97.